The molecule has 162 valence electrons. The molecular weight excluding hydrogens is 390 g/mol. The van der Waals surface area contributed by atoms with Crippen LogP contribution < -0.4 is 9.47 Å². The Morgan fingerprint density at radius 1 is 1.24 bits per heavy atom. The van der Waals surface area contributed by atoms with E-state index in [2.05, 4.69) is 13.8 Å². The first-order chi connectivity index (χ1) is 13.7. The van der Waals surface area contributed by atoms with Gasteiger partial charge in [0.05, 0.1) is 25.6 Å². The molecule has 0 saturated carbocycles. The third kappa shape index (κ3) is 3.77. The van der Waals surface area contributed by atoms with Gasteiger partial charge in [-0.05, 0) is 63.1 Å². The zero-order valence-electron chi connectivity index (χ0n) is 17.9. The van der Waals surface area contributed by atoms with Crippen molar-refractivity contribution in [2.24, 2.45) is 11.3 Å². The van der Waals surface area contributed by atoms with Crippen LogP contribution in [0.15, 0.2) is 18.2 Å². The summed E-state index contributed by atoms with van der Waals surface area (Å²) < 4.78 is 44.9. The minimum atomic E-state index is -3.13. The van der Waals surface area contributed by atoms with Crippen LogP contribution >= 0.6 is 0 Å². The minimum Gasteiger partial charge on any atom is -0.497 e. The molecule has 1 spiro atoms. The van der Waals surface area contributed by atoms with Crippen LogP contribution in [0.2, 0.25) is 0 Å². The summed E-state index contributed by atoms with van der Waals surface area (Å²) >= 11 is 0. The summed E-state index contributed by atoms with van der Waals surface area (Å²) in [5.74, 6) is 2.13. The van der Waals surface area contributed by atoms with Gasteiger partial charge in [-0.2, -0.15) is 0 Å². The number of hydrogen-bond donors (Lipinski definition) is 0. The fourth-order valence-electron chi connectivity index (χ4n) is 5.23. The Bertz CT molecular complexity index is 858. The van der Waals surface area contributed by atoms with E-state index in [1.54, 1.807) is 11.4 Å². The Kier molecular flexibility index (Phi) is 5.37. The molecule has 1 aromatic rings. The van der Waals surface area contributed by atoms with Gasteiger partial charge in [-0.3, -0.25) is 0 Å². The molecule has 6 nitrogen and oxygen atoms in total. The first-order valence-electron chi connectivity index (χ1n) is 10.7. The number of ether oxygens (including phenoxy) is 3. The van der Waals surface area contributed by atoms with Crippen LogP contribution in [0.5, 0.6) is 11.5 Å². The monoisotopic (exact) mass is 423 g/mol. The van der Waals surface area contributed by atoms with Crippen molar-refractivity contribution in [1.82, 2.24) is 4.31 Å². The Morgan fingerprint density at radius 3 is 2.62 bits per heavy atom. The summed E-state index contributed by atoms with van der Waals surface area (Å²) in [6.45, 7) is 8.05. The summed E-state index contributed by atoms with van der Waals surface area (Å²) in [4.78, 5) is 0. The highest BCUT2D eigenvalue weighted by atomic mass is 32.2. The number of rotatable bonds is 4. The molecule has 0 aliphatic carbocycles. The molecule has 0 amide bonds. The third-order valence-electron chi connectivity index (χ3n) is 7.02. The van der Waals surface area contributed by atoms with E-state index in [-0.39, 0.29) is 28.8 Å². The van der Waals surface area contributed by atoms with Crippen molar-refractivity contribution in [2.45, 2.75) is 58.2 Å². The number of nitrogens with zero attached hydrogens (tertiary/aromatic N) is 1. The van der Waals surface area contributed by atoms with E-state index in [1.165, 1.54) is 0 Å². The zero-order chi connectivity index (χ0) is 20.9. The molecule has 3 aliphatic heterocycles. The predicted molar refractivity (Wildman–Crippen MR) is 112 cm³/mol. The number of sulfonamides is 1. The average Bonchev–Trinajstić information content (AvgIpc) is 2.68. The predicted octanol–water partition coefficient (Wildman–Crippen LogP) is 3.77. The Morgan fingerprint density at radius 2 is 1.97 bits per heavy atom. The maximum atomic E-state index is 12.4. The highest BCUT2D eigenvalue weighted by Crippen LogP contribution is 2.56. The molecule has 4 rings (SSSR count). The van der Waals surface area contributed by atoms with Crippen molar-refractivity contribution in [3.63, 3.8) is 0 Å². The van der Waals surface area contributed by atoms with Crippen LogP contribution in [-0.2, 0) is 14.8 Å². The number of hydrogen-bond acceptors (Lipinski definition) is 5. The van der Waals surface area contributed by atoms with Crippen molar-refractivity contribution in [1.29, 1.82) is 0 Å². The van der Waals surface area contributed by atoms with Gasteiger partial charge in [0.2, 0.25) is 10.0 Å². The van der Waals surface area contributed by atoms with Crippen molar-refractivity contribution >= 4 is 10.0 Å². The Labute approximate surface area is 174 Å². The second-order valence-corrected chi connectivity index (χ2v) is 11.5. The molecule has 0 bridgehead atoms. The van der Waals surface area contributed by atoms with Crippen LogP contribution in [0.1, 0.15) is 58.1 Å². The largest absolute Gasteiger partial charge is 0.497 e. The number of fused-ring (bicyclic) bond motifs is 3. The molecule has 1 aromatic carbocycles. The summed E-state index contributed by atoms with van der Waals surface area (Å²) in [5.41, 5.74) is 0.744. The Hall–Kier alpha value is -1.31. The van der Waals surface area contributed by atoms with Gasteiger partial charge in [0.25, 0.3) is 0 Å². The molecular formula is C22H33NO5S. The molecule has 2 saturated heterocycles. The number of methoxy groups -OCH3 is 1. The van der Waals surface area contributed by atoms with E-state index in [4.69, 9.17) is 14.2 Å². The molecule has 2 fully saturated rings. The molecule has 29 heavy (non-hydrogen) atoms. The van der Waals surface area contributed by atoms with E-state index >= 15 is 0 Å². The molecule has 3 aliphatic rings. The van der Waals surface area contributed by atoms with Gasteiger partial charge in [0.15, 0.2) is 0 Å². The normalized spacial score (nSPS) is 28.3. The first kappa shape index (κ1) is 20.9. The lowest BCUT2D eigenvalue weighted by Crippen LogP contribution is -2.54. The van der Waals surface area contributed by atoms with Crippen LogP contribution in [0.3, 0.4) is 0 Å². The lowest BCUT2D eigenvalue weighted by atomic mass is 9.64. The molecule has 0 unspecified atom stereocenters. The smallest absolute Gasteiger partial charge is 0.214 e. The maximum absolute atomic E-state index is 12.4. The zero-order valence-corrected chi connectivity index (χ0v) is 18.8. The van der Waals surface area contributed by atoms with Crippen molar-refractivity contribution in [3.8, 4) is 11.5 Å². The van der Waals surface area contributed by atoms with Crippen molar-refractivity contribution in [3.05, 3.63) is 23.8 Å². The van der Waals surface area contributed by atoms with Gasteiger partial charge in [0, 0.05) is 24.6 Å². The molecule has 2 atom stereocenters. The van der Waals surface area contributed by atoms with Crippen LogP contribution in [0.4, 0.5) is 0 Å². The lowest BCUT2D eigenvalue weighted by molar-refractivity contribution is -0.172. The van der Waals surface area contributed by atoms with Crippen molar-refractivity contribution in [2.75, 3.05) is 32.6 Å². The van der Waals surface area contributed by atoms with E-state index < -0.39 is 10.0 Å². The summed E-state index contributed by atoms with van der Waals surface area (Å²) in [5, 5.41) is 0. The number of piperidine rings is 1. The van der Waals surface area contributed by atoms with E-state index in [9.17, 15) is 8.42 Å². The second-order valence-electron chi connectivity index (χ2n) is 9.37. The number of benzene rings is 1. The van der Waals surface area contributed by atoms with Gasteiger partial charge in [-0.15, -0.1) is 0 Å². The van der Waals surface area contributed by atoms with Gasteiger partial charge < -0.3 is 14.2 Å². The minimum absolute atomic E-state index is 0.0173. The Balaban J connectivity index is 1.54. The molecule has 7 heteroatoms. The van der Waals surface area contributed by atoms with Gasteiger partial charge in [-0.25, -0.2) is 12.7 Å². The van der Waals surface area contributed by atoms with E-state index in [0.717, 1.165) is 36.3 Å². The highest BCUT2D eigenvalue weighted by Gasteiger charge is 2.53. The van der Waals surface area contributed by atoms with E-state index in [0.29, 0.717) is 26.1 Å². The topological polar surface area (TPSA) is 65.1 Å². The SMILES string of the molecule is CCCS(=O)(=O)N1CCC2(CC1)CO[C@@H]1c3cc(OC)ccc3OC(C)(C)[C@H]1C2. The highest BCUT2D eigenvalue weighted by molar-refractivity contribution is 7.89. The first-order valence-corrected chi connectivity index (χ1v) is 12.3. The quantitative estimate of drug-likeness (QED) is 0.738. The lowest BCUT2D eigenvalue weighted by Gasteiger charge is -2.54. The summed E-state index contributed by atoms with van der Waals surface area (Å²) in [7, 11) is -1.46. The molecule has 0 aromatic heterocycles. The fourth-order valence-corrected chi connectivity index (χ4v) is 6.75. The van der Waals surface area contributed by atoms with E-state index in [1.807, 2.05) is 25.1 Å². The van der Waals surface area contributed by atoms with Crippen LogP contribution in [0, 0.1) is 11.3 Å². The van der Waals surface area contributed by atoms with Gasteiger partial charge in [-0.1, -0.05) is 6.92 Å². The van der Waals surface area contributed by atoms with Crippen LogP contribution in [-0.4, -0.2) is 50.9 Å². The fraction of sp³-hybridized carbons (Fsp3) is 0.727. The second kappa shape index (κ2) is 7.43. The van der Waals surface area contributed by atoms with Gasteiger partial charge in [0.1, 0.15) is 17.1 Å². The van der Waals surface area contributed by atoms with Crippen molar-refractivity contribution < 1.29 is 22.6 Å². The summed E-state index contributed by atoms with van der Waals surface area (Å²) in [6.07, 6.45) is 3.32. The third-order valence-corrected chi connectivity index (χ3v) is 9.09. The van der Waals surface area contributed by atoms with Gasteiger partial charge >= 0.3 is 0 Å². The molecule has 3 heterocycles. The maximum Gasteiger partial charge on any atom is 0.214 e. The summed E-state index contributed by atoms with van der Waals surface area (Å²) in [6, 6.07) is 5.92. The standard InChI is InChI=1S/C22H33NO5S/c1-5-12-29(24,25)23-10-8-22(9-11-23)14-18-20(27-15-22)17-13-16(26-4)6-7-19(17)28-21(18,2)3/h6-7,13,18,20H,5,8-12,14-15H2,1-4H3/t18-,20+/m0/s1. The van der Waals surface area contributed by atoms with Crippen LogP contribution in [0.25, 0.3) is 0 Å². The molecule has 0 N–H and O–H groups in total. The average molecular weight is 424 g/mol. The molecule has 0 radical (unpaired) electrons.